The van der Waals surface area contributed by atoms with Gasteiger partial charge in [-0.2, -0.15) is 5.21 Å². The van der Waals surface area contributed by atoms with E-state index in [1.165, 1.54) is 7.11 Å². The van der Waals surface area contributed by atoms with E-state index in [1.54, 1.807) is 39.0 Å². The molecule has 0 unspecified atom stereocenters. The summed E-state index contributed by atoms with van der Waals surface area (Å²) < 4.78 is 10.7. The first-order valence-corrected chi connectivity index (χ1v) is 9.92. The highest BCUT2D eigenvalue weighted by Crippen LogP contribution is 2.33. The predicted molar refractivity (Wildman–Crippen MR) is 117 cm³/mol. The van der Waals surface area contributed by atoms with E-state index in [1.807, 2.05) is 13.8 Å². The molecule has 0 saturated carbocycles. The molecule has 0 aliphatic rings. The summed E-state index contributed by atoms with van der Waals surface area (Å²) in [5.41, 5.74) is 0.959. The molecule has 0 spiro atoms. The summed E-state index contributed by atoms with van der Waals surface area (Å²) in [6.07, 6.45) is 1.38. The maximum Gasteiger partial charge on any atom is 0.408 e. The number of hydrogen-bond donors (Lipinski definition) is 3. The summed E-state index contributed by atoms with van der Waals surface area (Å²) in [6.45, 7) is 13.0. The summed E-state index contributed by atoms with van der Waals surface area (Å²) in [5.74, 6) is 0.553. The number of tetrazole rings is 1. The molecule has 10 nitrogen and oxygen atoms in total. The first-order chi connectivity index (χ1) is 14.5. The Kier molecular flexibility index (Phi) is 7.73. The van der Waals surface area contributed by atoms with Crippen LogP contribution in [-0.4, -0.2) is 51.4 Å². The first kappa shape index (κ1) is 23.8. The van der Waals surface area contributed by atoms with Gasteiger partial charge in [0.05, 0.1) is 12.8 Å². The van der Waals surface area contributed by atoms with Crippen LogP contribution in [0.5, 0.6) is 5.75 Å². The average Bonchev–Trinajstić information content (AvgIpc) is 3.19. The van der Waals surface area contributed by atoms with Crippen LogP contribution in [0.3, 0.4) is 0 Å². The van der Waals surface area contributed by atoms with Gasteiger partial charge in [-0.15, -0.1) is 10.2 Å². The highest BCUT2D eigenvalue weighted by Gasteiger charge is 2.26. The number of ether oxygens (including phenoxy) is 2. The highest BCUT2D eigenvalue weighted by atomic mass is 16.6. The number of rotatable bonds is 8. The third kappa shape index (κ3) is 6.80. The maximum atomic E-state index is 13.1. The molecule has 31 heavy (non-hydrogen) atoms. The van der Waals surface area contributed by atoms with E-state index in [0.29, 0.717) is 34.8 Å². The Hall–Kier alpha value is -3.43. The number of benzene rings is 1. The topological polar surface area (TPSA) is 131 Å². The van der Waals surface area contributed by atoms with Crippen molar-refractivity contribution >= 4 is 23.8 Å². The molecule has 1 atom stereocenters. The lowest BCUT2D eigenvalue weighted by Crippen LogP contribution is -2.46. The Morgan fingerprint density at radius 1 is 1.29 bits per heavy atom. The van der Waals surface area contributed by atoms with Crippen LogP contribution in [-0.2, 0) is 9.53 Å². The number of carbonyl (C=O) groups excluding carboxylic acids is 2. The van der Waals surface area contributed by atoms with Gasteiger partial charge >= 0.3 is 6.09 Å². The quantitative estimate of drug-likeness (QED) is 0.585. The molecule has 2 amide bonds. The lowest BCUT2D eigenvalue weighted by atomic mass is 10.0. The second-order valence-electron chi connectivity index (χ2n) is 8.40. The van der Waals surface area contributed by atoms with Gasteiger partial charge < -0.3 is 20.1 Å². The van der Waals surface area contributed by atoms with Crippen LogP contribution >= 0.6 is 0 Å². The monoisotopic (exact) mass is 430 g/mol. The number of aromatic amines is 1. The van der Waals surface area contributed by atoms with Crippen molar-refractivity contribution in [2.24, 2.45) is 5.92 Å². The number of anilines is 1. The van der Waals surface area contributed by atoms with E-state index in [-0.39, 0.29) is 5.92 Å². The van der Waals surface area contributed by atoms with Crippen molar-refractivity contribution in [3.63, 3.8) is 0 Å². The fraction of sp³-hybridized carbons (Fsp3) is 0.476. The third-order valence-electron chi connectivity index (χ3n) is 4.15. The number of hydrogen-bond acceptors (Lipinski definition) is 7. The molecule has 3 N–H and O–H groups in total. The molecule has 10 heteroatoms. The smallest absolute Gasteiger partial charge is 0.408 e. The number of methoxy groups -OCH3 is 1. The molecular formula is C21H30N6O4. The van der Waals surface area contributed by atoms with Crippen LogP contribution in [0.25, 0.3) is 17.5 Å². The Labute approximate surface area is 181 Å². The Morgan fingerprint density at radius 2 is 2.00 bits per heavy atom. The van der Waals surface area contributed by atoms with Gasteiger partial charge in [-0.1, -0.05) is 26.5 Å². The molecule has 0 saturated heterocycles. The van der Waals surface area contributed by atoms with Crippen LogP contribution in [0.15, 0.2) is 18.7 Å². The third-order valence-corrected chi connectivity index (χ3v) is 4.15. The lowest BCUT2D eigenvalue weighted by Gasteiger charge is -2.24. The molecular weight excluding hydrogens is 400 g/mol. The number of aromatic nitrogens is 4. The maximum absolute atomic E-state index is 13.1. The van der Waals surface area contributed by atoms with E-state index >= 15 is 0 Å². The van der Waals surface area contributed by atoms with Gasteiger partial charge in [-0.25, -0.2) is 4.79 Å². The molecule has 1 aromatic carbocycles. The van der Waals surface area contributed by atoms with Crippen molar-refractivity contribution in [1.82, 2.24) is 25.9 Å². The van der Waals surface area contributed by atoms with Gasteiger partial charge in [0.25, 0.3) is 0 Å². The molecule has 2 aromatic rings. The minimum atomic E-state index is -0.807. The van der Waals surface area contributed by atoms with Gasteiger partial charge in [0, 0.05) is 17.2 Å². The standard InChI is InChI=1S/C21H30N6O4/c1-8-13-10-14(18-24-26-27-25-18)15(11-17(13)30-7)22-19(28)16(9-12(2)3)23-20(29)31-21(4,5)6/h8,10-12,16H,1,9H2,2-7H3,(H,22,28)(H,23,29)(H,24,25,26,27)/t16-/m1/s1. The SMILES string of the molecule is C=Cc1cc(-c2nn[nH]n2)c(NC(=O)[C@@H](CC(C)C)NC(=O)OC(C)(C)C)cc1OC. The van der Waals surface area contributed by atoms with E-state index in [0.717, 1.165) is 0 Å². The fourth-order valence-electron chi connectivity index (χ4n) is 2.87. The second kappa shape index (κ2) is 10.1. The Bertz CT molecular complexity index is 919. The first-order valence-electron chi connectivity index (χ1n) is 9.92. The summed E-state index contributed by atoms with van der Waals surface area (Å²) in [4.78, 5) is 25.4. The van der Waals surface area contributed by atoms with Gasteiger partial charge in [-0.05, 0) is 44.4 Å². The summed E-state index contributed by atoms with van der Waals surface area (Å²) in [7, 11) is 1.52. The van der Waals surface area contributed by atoms with Crippen molar-refractivity contribution in [2.75, 3.05) is 12.4 Å². The van der Waals surface area contributed by atoms with Gasteiger partial charge in [0.2, 0.25) is 11.7 Å². The Balaban J connectivity index is 2.35. The summed E-state index contributed by atoms with van der Waals surface area (Å²) in [5, 5.41) is 19.5. The van der Waals surface area contributed by atoms with Crippen LogP contribution in [0.1, 0.15) is 46.6 Å². The molecule has 168 valence electrons. The zero-order valence-corrected chi connectivity index (χ0v) is 18.8. The molecule has 0 bridgehead atoms. The van der Waals surface area contributed by atoms with Crippen molar-refractivity contribution < 1.29 is 19.1 Å². The van der Waals surface area contributed by atoms with E-state index in [9.17, 15) is 9.59 Å². The molecule has 2 rings (SSSR count). The zero-order valence-electron chi connectivity index (χ0n) is 18.8. The Morgan fingerprint density at radius 3 is 2.52 bits per heavy atom. The van der Waals surface area contributed by atoms with Crippen molar-refractivity contribution in [3.8, 4) is 17.1 Å². The summed E-state index contributed by atoms with van der Waals surface area (Å²) >= 11 is 0. The van der Waals surface area contributed by atoms with Crippen molar-refractivity contribution in [3.05, 3.63) is 24.3 Å². The zero-order chi connectivity index (χ0) is 23.2. The van der Waals surface area contributed by atoms with Gasteiger partial charge in [0.15, 0.2) is 0 Å². The van der Waals surface area contributed by atoms with Crippen LogP contribution < -0.4 is 15.4 Å². The van der Waals surface area contributed by atoms with Crippen molar-refractivity contribution in [1.29, 1.82) is 0 Å². The average molecular weight is 431 g/mol. The number of alkyl carbamates (subject to hydrolysis) is 1. The lowest BCUT2D eigenvalue weighted by molar-refractivity contribution is -0.118. The molecule has 0 aliphatic carbocycles. The normalized spacial score (nSPS) is 12.2. The minimum absolute atomic E-state index is 0.153. The van der Waals surface area contributed by atoms with Crippen LogP contribution in [0.4, 0.5) is 10.5 Å². The van der Waals surface area contributed by atoms with Gasteiger partial charge in [0.1, 0.15) is 17.4 Å². The van der Waals surface area contributed by atoms with Crippen LogP contribution in [0, 0.1) is 5.92 Å². The number of H-pyrrole nitrogens is 1. The largest absolute Gasteiger partial charge is 0.496 e. The highest BCUT2D eigenvalue weighted by molar-refractivity contribution is 6.00. The molecule has 1 heterocycles. The van der Waals surface area contributed by atoms with Crippen LogP contribution in [0.2, 0.25) is 0 Å². The number of carbonyl (C=O) groups is 2. The minimum Gasteiger partial charge on any atom is -0.496 e. The number of nitrogens with one attached hydrogen (secondary N) is 3. The fourth-order valence-corrected chi connectivity index (χ4v) is 2.87. The number of nitrogens with zero attached hydrogens (tertiary/aromatic N) is 3. The van der Waals surface area contributed by atoms with Gasteiger partial charge in [-0.3, -0.25) is 4.79 Å². The van der Waals surface area contributed by atoms with E-state index in [2.05, 4.69) is 37.8 Å². The molecule has 0 radical (unpaired) electrons. The van der Waals surface area contributed by atoms with E-state index in [4.69, 9.17) is 9.47 Å². The molecule has 1 aromatic heterocycles. The molecule has 0 fully saturated rings. The van der Waals surface area contributed by atoms with Crippen molar-refractivity contribution in [2.45, 2.75) is 52.7 Å². The summed E-state index contributed by atoms with van der Waals surface area (Å²) in [6, 6.07) is 2.59. The number of amides is 2. The van der Waals surface area contributed by atoms with E-state index < -0.39 is 23.6 Å². The predicted octanol–water partition coefficient (Wildman–Crippen LogP) is 3.40. The molecule has 0 aliphatic heterocycles. The second-order valence-corrected chi connectivity index (χ2v) is 8.40.